The van der Waals surface area contributed by atoms with E-state index in [0.29, 0.717) is 28.6 Å². The van der Waals surface area contributed by atoms with Crippen molar-refractivity contribution in [1.82, 2.24) is 10.4 Å². The minimum Gasteiger partial charge on any atom is -0.493 e. The first kappa shape index (κ1) is 23.5. The lowest BCUT2D eigenvalue weighted by molar-refractivity contribution is -0.123. The summed E-state index contributed by atoms with van der Waals surface area (Å²) in [5.41, 5.74) is 5.99. The van der Waals surface area contributed by atoms with E-state index < -0.39 is 11.8 Å². The van der Waals surface area contributed by atoms with E-state index >= 15 is 0 Å². The molecule has 3 aromatic rings. The average molecular weight is 491 g/mol. The average Bonchev–Trinajstić information content (AvgIpc) is 3.11. The van der Waals surface area contributed by atoms with Gasteiger partial charge in [-0.05, 0) is 60.6 Å². The molecule has 0 aliphatic carbocycles. The van der Waals surface area contributed by atoms with E-state index in [1.807, 2.05) is 37.3 Å². The number of methoxy groups -OCH3 is 1. The molecule has 172 valence electrons. The number of hydrogen-bond acceptors (Lipinski definition) is 6. The Hall–Kier alpha value is -3.62. The van der Waals surface area contributed by atoms with Crippen molar-refractivity contribution in [3.05, 3.63) is 100.0 Å². The Bertz CT molecular complexity index is 1270. The van der Waals surface area contributed by atoms with Crippen molar-refractivity contribution in [1.29, 1.82) is 0 Å². The predicted molar refractivity (Wildman–Crippen MR) is 137 cm³/mol. The van der Waals surface area contributed by atoms with Gasteiger partial charge in [-0.25, -0.2) is 0 Å². The molecule has 3 aromatic carbocycles. The lowest BCUT2D eigenvalue weighted by Gasteiger charge is -2.15. The van der Waals surface area contributed by atoms with Crippen LogP contribution in [0.3, 0.4) is 0 Å². The number of thioether (sulfide) groups is 1. The number of carbonyl (C=O) groups is 2. The van der Waals surface area contributed by atoms with Gasteiger partial charge in [0.1, 0.15) is 6.61 Å². The maximum absolute atomic E-state index is 12.9. The normalized spacial score (nSPS) is 14.4. The molecular formula is C26H22N2O4S2. The number of hydrogen-bond donors (Lipinski definition) is 1. The van der Waals surface area contributed by atoms with Crippen LogP contribution in [-0.2, 0) is 11.4 Å². The quantitative estimate of drug-likeness (QED) is 0.366. The molecule has 0 bridgehead atoms. The molecule has 2 amide bonds. The highest BCUT2D eigenvalue weighted by Gasteiger charge is 2.33. The minimum absolute atomic E-state index is 0.255. The van der Waals surface area contributed by atoms with Crippen molar-refractivity contribution in [2.24, 2.45) is 0 Å². The van der Waals surface area contributed by atoms with E-state index in [1.54, 1.807) is 49.6 Å². The van der Waals surface area contributed by atoms with Crippen molar-refractivity contribution >= 4 is 46.2 Å². The van der Waals surface area contributed by atoms with Crippen molar-refractivity contribution in [3.63, 3.8) is 0 Å². The SMILES string of the molecule is COc1cc(/C=C2\SC(=S)N(NC(=O)c3ccccc3)C2=O)ccc1OCc1cccc(C)c1. The van der Waals surface area contributed by atoms with Gasteiger partial charge in [0, 0.05) is 5.56 Å². The summed E-state index contributed by atoms with van der Waals surface area (Å²) in [5.74, 6) is 0.353. The topological polar surface area (TPSA) is 67.9 Å². The van der Waals surface area contributed by atoms with Crippen LogP contribution in [0.5, 0.6) is 11.5 Å². The third-order valence-corrected chi connectivity index (χ3v) is 6.31. The lowest BCUT2D eigenvalue weighted by atomic mass is 10.1. The third-order valence-electron chi connectivity index (χ3n) is 5.01. The van der Waals surface area contributed by atoms with Crippen LogP contribution >= 0.6 is 24.0 Å². The number of amides is 2. The Morgan fingerprint density at radius 3 is 2.59 bits per heavy atom. The fourth-order valence-corrected chi connectivity index (χ4v) is 4.51. The summed E-state index contributed by atoms with van der Waals surface area (Å²) >= 11 is 6.43. The van der Waals surface area contributed by atoms with Crippen LogP contribution in [-0.4, -0.2) is 28.3 Å². The van der Waals surface area contributed by atoms with Crippen molar-refractivity contribution in [3.8, 4) is 11.5 Å². The van der Waals surface area contributed by atoms with Gasteiger partial charge in [-0.15, -0.1) is 0 Å². The standard InChI is InChI=1S/C26H22N2O4S2/c1-17-7-6-8-19(13-17)16-32-21-12-11-18(14-22(21)31-2)15-23-25(30)28(26(33)34-23)27-24(29)20-9-4-3-5-10-20/h3-15H,16H2,1-2H3,(H,27,29)/b23-15-. The van der Waals surface area contributed by atoms with Gasteiger partial charge >= 0.3 is 0 Å². The number of rotatable bonds is 7. The van der Waals surface area contributed by atoms with Crippen molar-refractivity contribution < 1.29 is 19.1 Å². The molecule has 1 N–H and O–H groups in total. The zero-order chi connectivity index (χ0) is 24.1. The summed E-state index contributed by atoms with van der Waals surface area (Å²) in [4.78, 5) is 25.7. The molecule has 0 atom stereocenters. The van der Waals surface area contributed by atoms with Crippen molar-refractivity contribution in [2.45, 2.75) is 13.5 Å². The highest BCUT2D eigenvalue weighted by molar-refractivity contribution is 8.26. The fourth-order valence-electron chi connectivity index (χ4n) is 3.33. The zero-order valence-electron chi connectivity index (χ0n) is 18.6. The Morgan fingerprint density at radius 1 is 1.06 bits per heavy atom. The van der Waals surface area contributed by atoms with Gasteiger partial charge in [0.25, 0.3) is 11.8 Å². The van der Waals surface area contributed by atoms with E-state index in [2.05, 4.69) is 11.5 Å². The largest absolute Gasteiger partial charge is 0.493 e. The molecule has 1 saturated heterocycles. The predicted octanol–water partition coefficient (Wildman–Crippen LogP) is 5.13. The number of carbonyl (C=O) groups excluding carboxylic acids is 2. The Morgan fingerprint density at radius 2 is 1.85 bits per heavy atom. The highest BCUT2D eigenvalue weighted by atomic mass is 32.2. The number of thiocarbonyl (C=S) groups is 1. The zero-order valence-corrected chi connectivity index (χ0v) is 20.2. The number of nitrogens with zero attached hydrogens (tertiary/aromatic N) is 1. The molecule has 1 fully saturated rings. The van der Waals surface area contributed by atoms with Gasteiger partial charge in [-0.1, -0.05) is 65.9 Å². The molecule has 4 rings (SSSR count). The van der Waals surface area contributed by atoms with Gasteiger partial charge in [0.2, 0.25) is 0 Å². The van der Waals surface area contributed by atoms with E-state index in [4.69, 9.17) is 21.7 Å². The Labute approximate surface area is 207 Å². The van der Waals surface area contributed by atoms with Crippen LogP contribution in [0.15, 0.2) is 77.7 Å². The minimum atomic E-state index is -0.407. The maximum atomic E-state index is 12.9. The van der Waals surface area contributed by atoms with E-state index in [0.717, 1.165) is 27.9 Å². The summed E-state index contributed by atoms with van der Waals surface area (Å²) in [6, 6.07) is 22.2. The Balaban J connectivity index is 1.47. The molecule has 0 spiro atoms. The summed E-state index contributed by atoms with van der Waals surface area (Å²) < 4.78 is 11.7. The second-order valence-corrected chi connectivity index (χ2v) is 9.19. The van der Waals surface area contributed by atoms with Gasteiger partial charge in [-0.2, -0.15) is 5.01 Å². The van der Waals surface area contributed by atoms with Crippen LogP contribution in [0.4, 0.5) is 0 Å². The molecular weight excluding hydrogens is 468 g/mol. The molecule has 6 nitrogen and oxygen atoms in total. The molecule has 0 aromatic heterocycles. The van der Waals surface area contributed by atoms with Gasteiger partial charge < -0.3 is 9.47 Å². The molecule has 1 aliphatic rings. The van der Waals surface area contributed by atoms with Gasteiger partial charge in [0.15, 0.2) is 15.8 Å². The smallest absolute Gasteiger partial charge is 0.285 e. The molecule has 8 heteroatoms. The molecule has 0 unspecified atom stereocenters. The number of hydrazine groups is 1. The van der Waals surface area contributed by atoms with Crippen LogP contribution in [0.2, 0.25) is 0 Å². The van der Waals surface area contributed by atoms with Crippen molar-refractivity contribution in [2.75, 3.05) is 7.11 Å². The van der Waals surface area contributed by atoms with E-state index in [1.165, 1.54) is 5.56 Å². The summed E-state index contributed by atoms with van der Waals surface area (Å²) in [5, 5.41) is 1.09. The fraction of sp³-hybridized carbons (Fsp3) is 0.115. The summed E-state index contributed by atoms with van der Waals surface area (Å²) in [7, 11) is 1.57. The van der Waals surface area contributed by atoms with Crippen LogP contribution in [0.25, 0.3) is 6.08 Å². The first-order valence-corrected chi connectivity index (χ1v) is 11.7. The first-order chi connectivity index (χ1) is 16.4. The molecule has 1 aliphatic heterocycles. The molecule has 34 heavy (non-hydrogen) atoms. The highest BCUT2D eigenvalue weighted by Crippen LogP contribution is 2.34. The van der Waals surface area contributed by atoms with Crippen LogP contribution in [0, 0.1) is 6.92 Å². The Kier molecular flexibility index (Phi) is 7.30. The van der Waals surface area contributed by atoms with Gasteiger partial charge in [0.05, 0.1) is 12.0 Å². The second-order valence-electron chi connectivity index (χ2n) is 7.51. The monoisotopic (exact) mass is 490 g/mol. The number of benzene rings is 3. The van der Waals surface area contributed by atoms with Crippen LogP contribution in [0.1, 0.15) is 27.0 Å². The van der Waals surface area contributed by atoms with Crippen LogP contribution < -0.4 is 14.9 Å². The second kappa shape index (κ2) is 10.5. The maximum Gasteiger partial charge on any atom is 0.285 e. The number of aryl methyl sites for hydroxylation is 1. The number of nitrogens with one attached hydrogen (secondary N) is 1. The third kappa shape index (κ3) is 5.47. The molecule has 1 heterocycles. The lowest BCUT2D eigenvalue weighted by Crippen LogP contribution is -2.44. The van der Waals surface area contributed by atoms with E-state index in [-0.39, 0.29) is 4.32 Å². The molecule has 0 radical (unpaired) electrons. The summed E-state index contributed by atoms with van der Waals surface area (Å²) in [6.45, 7) is 2.45. The van der Waals surface area contributed by atoms with E-state index in [9.17, 15) is 9.59 Å². The molecule has 0 saturated carbocycles. The first-order valence-electron chi connectivity index (χ1n) is 10.4. The summed E-state index contributed by atoms with van der Waals surface area (Å²) in [6.07, 6.45) is 1.71. The number of ether oxygens (including phenoxy) is 2. The van der Waals surface area contributed by atoms with Gasteiger partial charge in [-0.3, -0.25) is 15.0 Å².